The van der Waals surface area contributed by atoms with Crippen LogP contribution < -0.4 is 15.8 Å². The predicted molar refractivity (Wildman–Crippen MR) is 136 cm³/mol. The van der Waals surface area contributed by atoms with Crippen LogP contribution in [0.5, 0.6) is 11.5 Å². The molecule has 2 rings (SSSR count). The lowest BCUT2D eigenvalue weighted by molar-refractivity contribution is 0.0976. The molecule has 0 saturated heterocycles. The van der Waals surface area contributed by atoms with E-state index in [0.29, 0.717) is 17.9 Å². The molecule has 0 fully saturated rings. The summed E-state index contributed by atoms with van der Waals surface area (Å²) in [5, 5.41) is 9.20. The highest BCUT2D eigenvalue weighted by Gasteiger charge is 2.19. The zero-order valence-corrected chi connectivity index (χ0v) is 22.0. The molecule has 0 aliphatic carbocycles. The highest BCUT2D eigenvalue weighted by Crippen LogP contribution is 2.30. The maximum Gasteiger partial charge on any atom is 0.257 e. The fraction of sp³-hybridized carbons (Fsp3) is 0.300. The summed E-state index contributed by atoms with van der Waals surface area (Å²) in [4.78, 5) is 13.6. The van der Waals surface area contributed by atoms with Crippen LogP contribution in [0.2, 0.25) is 0 Å². The van der Waals surface area contributed by atoms with E-state index in [0.717, 1.165) is 12.3 Å². The highest BCUT2D eigenvalue weighted by atomic mass is 35.5. The first-order valence-electron chi connectivity index (χ1n) is 9.38. The van der Waals surface area contributed by atoms with E-state index in [1.165, 1.54) is 12.1 Å². The fourth-order valence-corrected chi connectivity index (χ4v) is 4.95. The van der Waals surface area contributed by atoms with Gasteiger partial charge in [-0.15, -0.1) is 24.8 Å². The number of sulfone groups is 2. The topological polar surface area (TPSA) is 160 Å². The smallest absolute Gasteiger partial charge is 0.257 e. The minimum Gasteiger partial charge on any atom is -0.456 e. The van der Waals surface area contributed by atoms with E-state index in [1.54, 1.807) is 43.3 Å². The Morgan fingerprint density at radius 1 is 1.06 bits per heavy atom. The van der Waals surface area contributed by atoms with Crippen LogP contribution in [0, 0.1) is 5.41 Å². The van der Waals surface area contributed by atoms with Gasteiger partial charge in [0.1, 0.15) is 16.4 Å². The van der Waals surface area contributed by atoms with Gasteiger partial charge in [0.25, 0.3) is 5.91 Å². The Labute approximate surface area is 212 Å². The van der Waals surface area contributed by atoms with Gasteiger partial charge in [-0.1, -0.05) is 12.1 Å². The number of hydrogen-bond acceptors (Lipinski definition) is 8. The van der Waals surface area contributed by atoms with Gasteiger partial charge >= 0.3 is 0 Å². The van der Waals surface area contributed by atoms with E-state index in [1.807, 2.05) is 0 Å². The molecule has 190 valence electrons. The van der Waals surface area contributed by atoms with Gasteiger partial charge in [-0.2, -0.15) is 0 Å². The molecule has 10 nitrogen and oxygen atoms in total. The molecule has 0 radical (unpaired) electrons. The quantitative estimate of drug-likeness (QED) is 0.312. The summed E-state index contributed by atoms with van der Waals surface area (Å²) < 4.78 is 54.5. The molecule has 0 heterocycles. The Balaban J connectivity index is 0.00000544. The Morgan fingerprint density at radius 3 is 2.15 bits per heavy atom. The number of rotatable bonds is 9. The number of halogens is 2. The molecule has 4 N–H and O–H groups in total. The molecule has 0 aliphatic rings. The average Bonchev–Trinajstić information content (AvgIpc) is 2.67. The number of nitrogens with zero attached hydrogens (tertiary/aromatic N) is 1. The van der Waals surface area contributed by atoms with Crippen molar-refractivity contribution in [2.24, 2.45) is 5.73 Å². The standard InChI is InChI=1S/C20H26N4O6S2.2ClH/c1-24(2)10-11-32(28,29)13-14-4-7-16(8-5-14)30-17-9-6-15(19(25)23-20(21)22)12-18(17)31(3,26)27;;/h4-9,12H,10-11,13H2,1-3H3,(H4,21,22,23,25);2*1H. The van der Waals surface area contributed by atoms with Gasteiger partial charge in [0.15, 0.2) is 25.6 Å². The zero-order valence-electron chi connectivity index (χ0n) is 18.8. The van der Waals surface area contributed by atoms with Crippen molar-refractivity contribution in [2.45, 2.75) is 10.6 Å². The molecule has 0 bridgehead atoms. The molecule has 0 spiro atoms. The van der Waals surface area contributed by atoms with Crippen LogP contribution in [0.15, 0.2) is 47.4 Å². The number of nitrogens with two attached hydrogens (primary N) is 1. The third-order valence-electron chi connectivity index (χ3n) is 4.24. The number of ether oxygens (including phenoxy) is 1. The lowest BCUT2D eigenvalue weighted by atomic mass is 10.2. The molecular weight excluding hydrogens is 527 g/mol. The summed E-state index contributed by atoms with van der Waals surface area (Å²) in [5.74, 6) is -1.08. The van der Waals surface area contributed by atoms with E-state index in [-0.39, 0.29) is 52.5 Å². The van der Waals surface area contributed by atoms with Crippen LogP contribution in [0.4, 0.5) is 0 Å². The van der Waals surface area contributed by atoms with Crippen molar-refractivity contribution in [1.29, 1.82) is 5.41 Å². The van der Waals surface area contributed by atoms with Crippen LogP contribution in [0.1, 0.15) is 15.9 Å². The van der Waals surface area contributed by atoms with Crippen LogP contribution in [0.25, 0.3) is 0 Å². The van der Waals surface area contributed by atoms with E-state index < -0.39 is 31.5 Å². The van der Waals surface area contributed by atoms with Crippen molar-refractivity contribution in [1.82, 2.24) is 10.2 Å². The number of carbonyl (C=O) groups is 1. The predicted octanol–water partition coefficient (Wildman–Crippen LogP) is 1.83. The first kappa shape index (κ1) is 31.6. The Bertz CT molecular complexity index is 1220. The number of guanidine groups is 1. The first-order chi connectivity index (χ1) is 14.8. The Morgan fingerprint density at radius 2 is 1.65 bits per heavy atom. The van der Waals surface area contributed by atoms with Crippen molar-refractivity contribution < 1.29 is 26.4 Å². The molecule has 0 aromatic heterocycles. The van der Waals surface area contributed by atoms with Gasteiger partial charge in [0.2, 0.25) is 0 Å². The second-order valence-corrected chi connectivity index (χ2v) is 11.6. The number of hydrogen-bond donors (Lipinski definition) is 3. The summed E-state index contributed by atoms with van der Waals surface area (Å²) >= 11 is 0. The molecule has 0 saturated carbocycles. The monoisotopic (exact) mass is 554 g/mol. The largest absolute Gasteiger partial charge is 0.456 e. The lowest BCUT2D eigenvalue weighted by Gasteiger charge is -2.13. The minimum atomic E-state index is -3.76. The molecule has 0 unspecified atom stereocenters. The van der Waals surface area contributed by atoms with Crippen LogP contribution in [-0.4, -0.2) is 66.3 Å². The van der Waals surface area contributed by atoms with Crippen molar-refractivity contribution in [3.8, 4) is 11.5 Å². The SMILES string of the molecule is CN(C)CCS(=O)(=O)Cc1ccc(Oc2ccc(C(=O)NC(=N)N)cc2S(C)(=O)=O)cc1.Cl.Cl. The molecule has 0 atom stereocenters. The molecule has 0 aliphatic heterocycles. The summed E-state index contributed by atoms with van der Waals surface area (Å²) in [6.45, 7) is 0.429. The molecule has 34 heavy (non-hydrogen) atoms. The van der Waals surface area contributed by atoms with Crippen molar-refractivity contribution in [3.05, 3.63) is 53.6 Å². The Hall–Kier alpha value is -2.38. The number of nitrogens with one attached hydrogen (secondary N) is 2. The lowest BCUT2D eigenvalue weighted by Crippen LogP contribution is -2.35. The number of carbonyl (C=O) groups excluding carboxylic acids is 1. The van der Waals surface area contributed by atoms with E-state index in [9.17, 15) is 21.6 Å². The number of amides is 1. The second-order valence-electron chi connectivity index (χ2n) is 7.44. The molecule has 2 aromatic rings. The third kappa shape index (κ3) is 9.85. The Kier molecular flexibility index (Phi) is 12.0. The summed E-state index contributed by atoms with van der Waals surface area (Å²) in [6, 6.07) is 10.1. The van der Waals surface area contributed by atoms with Crippen molar-refractivity contribution in [3.63, 3.8) is 0 Å². The van der Waals surface area contributed by atoms with Gasteiger partial charge < -0.3 is 15.4 Å². The van der Waals surface area contributed by atoms with Crippen LogP contribution in [0.3, 0.4) is 0 Å². The van der Waals surface area contributed by atoms with Gasteiger partial charge in [0, 0.05) is 18.4 Å². The third-order valence-corrected chi connectivity index (χ3v) is 6.94. The zero-order chi connectivity index (χ0) is 24.1. The molecule has 14 heteroatoms. The van der Waals surface area contributed by atoms with E-state index in [4.69, 9.17) is 15.9 Å². The van der Waals surface area contributed by atoms with E-state index >= 15 is 0 Å². The van der Waals surface area contributed by atoms with Crippen molar-refractivity contribution >= 4 is 56.4 Å². The van der Waals surface area contributed by atoms with Crippen LogP contribution in [-0.2, 0) is 25.4 Å². The molecular formula is C20H28Cl2N4O6S2. The second kappa shape index (κ2) is 12.9. The maximum atomic E-state index is 12.2. The van der Waals surface area contributed by atoms with Gasteiger partial charge in [-0.3, -0.25) is 15.5 Å². The van der Waals surface area contributed by atoms with Gasteiger partial charge in [0.05, 0.1) is 11.5 Å². The van der Waals surface area contributed by atoms with Gasteiger partial charge in [-0.25, -0.2) is 16.8 Å². The summed E-state index contributed by atoms with van der Waals surface area (Å²) in [5.41, 5.74) is 5.71. The normalized spacial score (nSPS) is 11.2. The van der Waals surface area contributed by atoms with E-state index in [2.05, 4.69) is 5.32 Å². The summed E-state index contributed by atoms with van der Waals surface area (Å²) in [7, 11) is -3.43. The first-order valence-corrected chi connectivity index (χ1v) is 13.1. The summed E-state index contributed by atoms with van der Waals surface area (Å²) in [6.07, 6.45) is 0.976. The molecule has 1 amide bonds. The highest BCUT2D eigenvalue weighted by molar-refractivity contribution is 7.91. The number of benzene rings is 2. The van der Waals surface area contributed by atoms with Gasteiger partial charge in [-0.05, 0) is 50.0 Å². The average molecular weight is 556 g/mol. The molecule has 2 aromatic carbocycles. The fourth-order valence-electron chi connectivity index (χ4n) is 2.65. The van der Waals surface area contributed by atoms with Crippen molar-refractivity contribution in [2.75, 3.05) is 32.6 Å². The van der Waals surface area contributed by atoms with Crippen LogP contribution >= 0.6 is 24.8 Å². The minimum absolute atomic E-state index is 0. The maximum absolute atomic E-state index is 12.2.